The van der Waals surface area contributed by atoms with Crippen molar-refractivity contribution in [2.45, 2.75) is 13.3 Å². The summed E-state index contributed by atoms with van der Waals surface area (Å²) in [5.41, 5.74) is 2.85. The van der Waals surface area contributed by atoms with Gasteiger partial charge in [-0.25, -0.2) is 4.98 Å². The number of amidine groups is 1. The summed E-state index contributed by atoms with van der Waals surface area (Å²) in [4.78, 5) is 21.8. The molecule has 0 spiro atoms. The van der Waals surface area contributed by atoms with Crippen LogP contribution in [-0.2, 0) is 4.84 Å². The van der Waals surface area contributed by atoms with E-state index in [-0.39, 0.29) is 0 Å². The Hall–Kier alpha value is -3.16. The predicted molar refractivity (Wildman–Crippen MR) is 104 cm³/mol. The zero-order chi connectivity index (χ0) is 19.1. The summed E-state index contributed by atoms with van der Waals surface area (Å²) >= 11 is 0. The maximum Gasteiger partial charge on any atom is 0.168 e. The fourth-order valence-corrected chi connectivity index (χ4v) is 2.86. The first kappa shape index (κ1) is 18.6. The van der Waals surface area contributed by atoms with Crippen LogP contribution < -0.4 is 4.74 Å². The zero-order valence-corrected chi connectivity index (χ0v) is 15.5. The number of nitroso groups, excluding NO2 is 1. The molecule has 0 atom stereocenters. The lowest BCUT2D eigenvalue weighted by molar-refractivity contribution is 0.103. The van der Waals surface area contributed by atoms with Gasteiger partial charge < -0.3 is 19.0 Å². The highest BCUT2D eigenvalue weighted by Gasteiger charge is 2.14. The molecule has 27 heavy (non-hydrogen) atoms. The third kappa shape index (κ3) is 4.72. The lowest BCUT2D eigenvalue weighted by Gasteiger charge is -2.26. The smallest absolute Gasteiger partial charge is 0.168 e. The van der Waals surface area contributed by atoms with E-state index in [1.807, 2.05) is 48.0 Å². The van der Waals surface area contributed by atoms with Crippen molar-refractivity contribution in [1.82, 2.24) is 14.5 Å². The number of aryl methyl sites for hydroxylation is 1. The molecular formula is C19H23N5O3. The molecule has 8 nitrogen and oxygen atoms in total. The van der Waals surface area contributed by atoms with Crippen LogP contribution in [0.15, 0.2) is 47.1 Å². The second-order valence-corrected chi connectivity index (χ2v) is 6.16. The molecule has 142 valence electrons. The molecule has 1 aromatic carbocycles. The van der Waals surface area contributed by atoms with Crippen molar-refractivity contribution >= 4 is 11.9 Å². The number of aromatic nitrogens is 2. The van der Waals surface area contributed by atoms with E-state index < -0.39 is 0 Å². The van der Waals surface area contributed by atoms with Gasteiger partial charge in [0.2, 0.25) is 0 Å². The Bertz CT molecular complexity index is 844. The van der Waals surface area contributed by atoms with E-state index in [2.05, 4.69) is 20.2 Å². The van der Waals surface area contributed by atoms with E-state index in [0.29, 0.717) is 19.6 Å². The molecule has 0 amide bonds. The number of nitrogens with zero attached hydrogens (tertiary/aromatic N) is 5. The van der Waals surface area contributed by atoms with E-state index in [4.69, 9.17) is 9.57 Å². The Balaban J connectivity index is 1.76. The molecule has 0 saturated carbocycles. The van der Waals surface area contributed by atoms with Crippen LogP contribution in [-0.4, -0.2) is 53.6 Å². The summed E-state index contributed by atoms with van der Waals surface area (Å²) in [7, 11) is 1.65. The molecule has 3 rings (SSSR count). The number of oxime groups is 1. The maximum atomic E-state index is 10.3. The van der Waals surface area contributed by atoms with Crippen molar-refractivity contribution in [3.8, 4) is 11.4 Å². The molecule has 2 heterocycles. The van der Waals surface area contributed by atoms with Crippen LogP contribution >= 0.6 is 0 Å². The molecule has 0 radical (unpaired) electrons. The summed E-state index contributed by atoms with van der Waals surface area (Å²) in [5, 5.41) is 7.02. The topological polar surface area (TPSA) is 81.3 Å². The summed E-state index contributed by atoms with van der Waals surface area (Å²) in [6.45, 7) is 4.26. The van der Waals surface area contributed by atoms with Gasteiger partial charge in [0.15, 0.2) is 5.84 Å². The van der Waals surface area contributed by atoms with Gasteiger partial charge in [-0.05, 0) is 37.1 Å². The van der Waals surface area contributed by atoms with Crippen molar-refractivity contribution in [2.75, 3.05) is 33.4 Å². The van der Waals surface area contributed by atoms with Crippen molar-refractivity contribution in [1.29, 1.82) is 0 Å². The minimum absolute atomic E-state index is 0.306. The number of ether oxygens (including phenoxy) is 1. The summed E-state index contributed by atoms with van der Waals surface area (Å²) in [6, 6.07) is 5.97. The standard InChI is InChI=1S/C19H23N5O3/c1-15-13-24(14-20-15)17-6-4-16(12-18(17)26-2)5-7-19-22-27-11-10-23(19)9-3-8-21-25/h4-7,12-14H,3,8-11H2,1-2H3/b7-5+. The molecule has 0 unspecified atom stereocenters. The molecule has 1 aliphatic rings. The fourth-order valence-electron chi connectivity index (χ4n) is 2.86. The number of benzene rings is 1. The lowest BCUT2D eigenvalue weighted by atomic mass is 10.1. The molecule has 2 aromatic rings. The molecular weight excluding hydrogens is 346 g/mol. The minimum atomic E-state index is 0.306. The average molecular weight is 369 g/mol. The Labute approximate surface area is 158 Å². The molecule has 1 aromatic heterocycles. The number of hydrogen-bond donors (Lipinski definition) is 0. The Kier molecular flexibility index (Phi) is 6.19. The van der Waals surface area contributed by atoms with E-state index in [1.54, 1.807) is 13.4 Å². The predicted octanol–water partition coefficient (Wildman–Crippen LogP) is 3.00. The van der Waals surface area contributed by atoms with Gasteiger partial charge >= 0.3 is 0 Å². The Morgan fingerprint density at radius 2 is 2.26 bits per heavy atom. The minimum Gasteiger partial charge on any atom is -0.495 e. The SMILES string of the molecule is COc1cc(/C=C/C2=NOCCN2CCCN=O)ccc1-n1cnc(C)c1. The highest BCUT2D eigenvalue weighted by molar-refractivity contribution is 5.96. The van der Waals surface area contributed by atoms with Gasteiger partial charge in [0, 0.05) is 12.7 Å². The molecule has 0 saturated heterocycles. The largest absolute Gasteiger partial charge is 0.495 e. The number of methoxy groups -OCH3 is 1. The first-order valence-corrected chi connectivity index (χ1v) is 8.82. The monoisotopic (exact) mass is 369 g/mol. The lowest BCUT2D eigenvalue weighted by Crippen LogP contribution is -2.37. The quantitative estimate of drug-likeness (QED) is 0.528. The second-order valence-electron chi connectivity index (χ2n) is 6.16. The van der Waals surface area contributed by atoms with Gasteiger partial charge in [0.05, 0.1) is 37.9 Å². The van der Waals surface area contributed by atoms with Gasteiger partial charge in [-0.15, -0.1) is 0 Å². The maximum absolute atomic E-state index is 10.3. The van der Waals surface area contributed by atoms with E-state index in [0.717, 1.165) is 41.6 Å². The highest BCUT2D eigenvalue weighted by atomic mass is 16.6. The van der Waals surface area contributed by atoms with Crippen LogP contribution in [0.5, 0.6) is 5.75 Å². The number of hydrogen-bond acceptors (Lipinski definition) is 7. The van der Waals surface area contributed by atoms with Gasteiger partial charge in [-0.1, -0.05) is 22.5 Å². The van der Waals surface area contributed by atoms with Crippen LogP contribution in [0.2, 0.25) is 0 Å². The van der Waals surface area contributed by atoms with Crippen molar-refractivity contribution < 1.29 is 9.57 Å². The van der Waals surface area contributed by atoms with Crippen molar-refractivity contribution in [2.24, 2.45) is 10.3 Å². The van der Waals surface area contributed by atoms with Crippen LogP contribution in [0, 0.1) is 11.8 Å². The third-order valence-corrected chi connectivity index (χ3v) is 4.23. The van der Waals surface area contributed by atoms with Gasteiger partial charge in [0.1, 0.15) is 12.4 Å². The Morgan fingerprint density at radius 3 is 3.00 bits per heavy atom. The van der Waals surface area contributed by atoms with Crippen LogP contribution in [0.25, 0.3) is 11.8 Å². The number of rotatable bonds is 8. The first-order valence-electron chi connectivity index (χ1n) is 8.82. The fraction of sp³-hybridized carbons (Fsp3) is 0.368. The molecule has 0 bridgehead atoms. The van der Waals surface area contributed by atoms with Gasteiger partial charge in [-0.2, -0.15) is 4.91 Å². The molecule has 0 fully saturated rings. The molecule has 8 heteroatoms. The van der Waals surface area contributed by atoms with Crippen LogP contribution in [0.4, 0.5) is 0 Å². The Morgan fingerprint density at radius 1 is 1.37 bits per heavy atom. The highest BCUT2D eigenvalue weighted by Crippen LogP contribution is 2.25. The van der Waals surface area contributed by atoms with E-state index in [9.17, 15) is 4.91 Å². The zero-order valence-electron chi connectivity index (χ0n) is 15.5. The summed E-state index contributed by atoms with van der Waals surface area (Å²) in [5.74, 6) is 1.49. The molecule has 1 aliphatic heterocycles. The van der Waals surface area contributed by atoms with Crippen molar-refractivity contribution in [3.63, 3.8) is 0 Å². The van der Waals surface area contributed by atoms with Gasteiger partial charge in [0.25, 0.3) is 0 Å². The summed E-state index contributed by atoms with van der Waals surface area (Å²) < 4.78 is 7.47. The molecule has 0 aliphatic carbocycles. The average Bonchev–Trinajstić information content (AvgIpc) is 3.13. The van der Waals surface area contributed by atoms with E-state index in [1.165, 1.54) is 0 Å². The molecule has 0 N–H and O–H groups in total. The number of imidazole rings is 1. The van der Waals surface area contributed by atoms with Gasteiger partial charge in [-0.3, -0.25) is 0 Å². The third-order valence-electron chi connectivity index (χ3n) is 4.23. The van der Waals surface area contributed by atoms with Crippen molar-refractivity contribution in [3.05, 3.63) is 53.0 Å². The normalized spacial score (nSPS) is 14.1. The van der Waals surface area contributed by atoms with E-state index >= 15 is 0 Å². The van der Waals surface area contributed by atoms with Crippen LogP contribution in [0.1, 0.15) is 17.7 Å². The summed E-state index contributed by atoms with van der Waals surface area (Å²) in [6.07, 6.45) is 8.28. The second kappa shape index (κ2) is 8.98. The first-order chi connectivity index (χ1) is 13.2. The van der Waals surface area contributed by atoms with Crippen LogP contribution in [0.3, 0.4) is 0 Å².